The Kier molecular flexibility index (Phi) is 6.86. The number of carbonyl (C=O) groups excluding carboxylic acids is 1. The van der Waals surface area contributed by atoms with E-state index >= 15 is 0 Å². The maximum absolute atomic E-state index is 12.8. The van der Waals surface area contributed by atoms with E-state index in [1.54, 1.807) is 7.11 Å². The third-order valence-corrected chi connectivity index (χ3v) is 4.32. The zero-order valence-corrected chi connectivity index (χ0v) is 14.2. The van der Waals surface area contributed by atoms with Gasteiger partial charge >= 0.3 is 0 Å². The molecule has 0 radical (unpaired) electrons. The molecule has 0 atom stereocenters. The Labute approximate surface area is 138 Å². The van der Waals surface area contributed by atoms with Gasteiger partial charge in [0, 0.05) is 18.9 Å². The smallest absolute Gasteiger partial charge is 0.233 e. The topological polar surface area (TPSA) is 59.6 Å². The Morgan fingerprint density at radius 2 is 2.13 bits per heavy atom. The predicted octanol–water partition coefficient (Wildman–Crippen LogP) is 2.82. The second-order valence-electron chi connectivity index (χ2n) is 6.15. The molecule has 5 heteroatoms. The summed E-state index contributed by atoms with van der Waals surface area (Å²) in [5, 5.41) is 6.34. The van der Waals surface area contributed by atoms with Gasteiger partial charge in [0.05, 0.1) is 18.6 Å². The van der Waals surface area contributed by atoms with E-state index in [1.165, 1.54) is 0 Å². The number of nitrogens with one attached hydrogen (secondary N) is 2. The molecule has 0 aromatic heterocycles. The van der Waals surface area contributed by atoms with E-state index in [0.29, 0.717) is 13.2 Å². The predicted molar refractivity (Wildman–Crippen MR) is 91.9 cm³/mol. The van der Waals surface area contributed by atoms with Crippen LogP contribution in [0, 0.1) is 5.41 Å². The van der Waals surface area contributed by atoms with Crippen molar-refractivity contribution in [2.24, 2.45) is 5.41 Å². The van der Waals surface area contributed by atoms with Crippen LogP contribution in [0.2, 0.25) is 0 Å². The van der Waals surface area contributed by atoms with Gasteiger partial charge in [-0.1, -0.05) is 19.4 Å². The molecule has 1 aromatic carbocycles. The van der Waals surface area contributed by atoms with Crippen molar-refractivity contribution in [3.8, 4) is 5.75 Å². The summed E-state index contributed by atoms with van der Waals surface area (Å²) in [4.78, 5) is 12.8. The number of amides is 1. The highest BCUT2D eigenvalue weighted by Gasteiger charge is 2.39. The highest BCUT2D eigenvalue weighted by atomic mass is 16.5. The first kappa shape index (κ1) is 17.8. The fourth-order valence-corrected chi connectivity index (χ4v) is 2.88. The maximum Gasteiger partial charge on any atom is 0.233 e. The summed E-state index contributed by atoms with van der Waals surface area (Å²) in [6, 6.07) is 7.60. The van der Waals surface area contributed by atoms with Crippen molar-refractivity contribution in [2.75, 3.05) is 38.7 Å². The van der Waals surface area contributed by atoms with Gasteiger partial charge in [0.25, 0.3) is 0 Å². The Morgan fingerprint density at radius 1 is 1.35 bits per heavy atom. The van der Waals surface area contributed by atoms with Gasteiger partial charge in [-0.05, 0) is 44.5 Å². The zero-order valence-electron chi connectivity index (χ0n) is 14.2. The number of hydrogen-bond acceptors (Lipinski definition) is 4. The van der Waals surface area contributed by atoms with Crippen molar-refractivity contribution >= 4 is 11.6 Å². The molecule has 0 spiro atoms. The number of methoxy groups -OCH3 is 1. The largest absolute Gasteiger partial charge is 0.494 e. The summed E-state index contributed by atoms with van der Waals surface area (Å²) in [5.41, 5.74) is 0.331. The Morgan fingerprint density at radius 3 is 2.83 bits per heavy atom. The van der Waals surface area contributed by atoms with E-state index in [4.69, 9.17) is 9.47 Å². The number of carbonyl (C=O) groups is 1. The molecule has 0 bridgehead atoms. The minimum Gasteiger partial charge on any atom is -0.494 e. The second kappa shape index (κ2) is 8.89. The van der Waals surface area contributed by atoms with E-state index in [9.17, 15) is 4.79 Å². The Bertz CT molecular complexity index is 493. The van der Waals surface area contributed by atoms with Crippen LogP contribution < -0.4 is 15.4 Å². The molecular weight excluding hydrogens is 292 g/mol. The quantitative estimate of drug-likeness (QED) is 0.723. The van der Waals surface area contributed by atoms with Gasteiger partial charge in [0.2, 0.25) is 5.91 Å². The maximum atomic E-state index is 12.8. The van der Waals surface area contributed by atoms with E-state index in [1.807, 2.05) is 24.3 Å². The minimum atomic E-state index is -0.445. The number of piperidine rings is 1. The van der Waals surface area contributed by atoms with Gasteiger partial charge in [-0.25, -0.2) is 0 Å². The highest BCUT2D eigenvalue weighted by Crippen LogP contribution is 2.31. The lowest BCUT2D eigenvalue weighted by Crippen LogP contribution is -2.47. The fraction of sp³-hybridized carbons (Fsp3) is 0.611. The molecule has 1 aliphatic heterocycles. The SMILES string of the molecule is CCCCOc1cccc(NC(=O)C2(COC)CCNCC2)c1. The molecule has 1 heterocycles. The molecule has 1 aliphatic rings. The van der Waals surface area contributed by atoms with E-state index in [-0.39, 0.29) is 5.91 Å². The first-order valence-electron chi connectivity index (χ1n) is 8.44. The van der Waals surface area contributed by atoms with Crippen LogP contribution in [0.5, 0.6) is 5.75 Å². The van der Waals surface area contributed by atoms with Crippen LogP contribution in [0.4, 0.5) is 5.69 Å². The van der Waals surface area contributed by atoms with Crippen LogP contribution in [0.1, 0.15) is 32.6 Å². The van der Waals surface area contributed by atoms with Crippen molar-refractivity contribution in [1.29, 1.82) is 0 Å². The summed E-state index contributed by atoms with van der Waals surface area (Å²) < 4.78 is 11.0. The average molecular weight is 320 g/mol. The van der Waals surface area contributed by atoms with Gasteiger partial charge in [-0.2, -0.15) is 0 Å². The first-order chi connectivity index (χ1) is 11.2. The number of hydrogen-bond donors (Lipinski definition) is 2. The van der Waals surface area contributed by atoms with E-state index < -0.39 is 5.41 Å². The van der Waals surface area contributed by atoms with Gasteiger partial charge in [-0.3, -0.25) is 4.79 Å². The van der Waals surface area contributed by atoms with Crippen molar-refractivity contribution in [3.05, 3.63) is 24.3 Å². The third kappa shape index (κ3) is 4.94. The van der Waals surface area contributed by atoms with Crippen molar-refractivity contribution in [3.63, 3.8) is 0 Å². The van der Waals surface area contributed by atoms with Gasteiger partial charge in [0.1, 0.15) is 5.75 Å². The summed E-state index contributed by atoms with van der Waals surface area (Å²) in [6.07, 6.45) is 3.71. The molecule has 1 saturated heterocycles. The summed E-state index contributed by atoms with van der Waals surface area (Å²) in [5.74, 6) is 0.828. The monoisotopic (exact) mass is 320 g/mol. The van der Waals surface area contributed by atoms with E-state index in [2.05, 4.69) is 17.6 Å². The number of rotatable bonds is 8. The average Bonchev–Trinajstić information content (AvgIpc) is 2.56. The van der Waals surface area contributed by atoms with Gasteiger partial charge < -0.3 is 20.1 Å². The van der Waals surface area contributed by atoms with E-state index in [0.717, 1.165) is 50.2 Å². The van der Waals surface area contributed by atoms with Crippen molar-refractivity contribution in [2.45, 2.75) is 32.6 Å². The Hall–Kier alpha value is -1.59. The van der Waals surface area contributed by atoms with Crippen molar-refractivity contribution in [1.82, 2.24) is 5.32 Å². The molecule has 2 rings (SSSR count). The lowest BCUT2D eigenvalue weighted by atomic mass is 9.78. The standard InChI is InChI=1S/C18H28N2O3/c1-3-4-12-23-16-7-5-6-15(13-16)20-17(21)18(14-22-2)8-10-19-11-9-18/h5-7,13,19H,3-4,8-12,14H2,1-2H3,(H,20,21). The first-order valence-corrected chi connectivity index (χ1v) is 8.44. The molecule has 2 N–H and O–H groups in total. The molecule has 1 amide bonds. The molecule has 0 saturated carbocycles. The van der Waals surface area contributed by atoms with Crippen LogP contribution in [-0.2, 0) is 9.53 Å². The van der Waals surface area contributed by atoms with Crippen molar-refractivity contribution < 1.29 is 14.3 Å². The lowest BCUT2D eigenvalue weighted by molar-refractivity contribution is -0.130. The minimum absolute atomic E-state index is 0.0339. The zero-order chi connectivity index (χ0) is 16.5. The number of unbranched alkanes of at least 4 members (excludes halogenated alkanes) is 1. The molecule has 128 valence electrons. The Balaban J connectivity index is 2.01. The van der Waals surface area contributed by atoms with Crippen LogP contribution in [0.25, 0.3) is 0 Å². The fourth-order valence-electron chi connectivity index (χ4n) is 2.88. The highest BCUT2D eigenvalue weighted by molar-refractivity contribution is 5.95. The normalized spacial score (nSPS) is 16.8. The molecule has 5 nitrogen and oxygen atoms in total. The third-order valence-electron chi connectivity index (χ3n) is 4.32. The number of anilines is 1. The number of benzene rings is 1. The molecule has 0 aliphatic carbocycles. The molecule has 0 unspecified atom stereocenters. The van der Waals surface area contributed by atoms with Gasteiger partial charge in [0.15, 0.2) is 0 Å². The molecule has 1 aromatic rings. The van der Waals surface area contributed by atoms with Crippen LogP contribution in [0.3, 0.4) is 0 Å². The lowest BCUT2D eigenvalue weighted by Gasteiger charge is -2.35. The molecular formula is C18H28N2O3. The summed E-state index contributed by atoms with van der Waals surface area (Å²) >= 11 is 0. The van der Waals surface area contributed by atoms with Gasteiger partial charge in [-0.15, -0.1) is 0 Å². The summed E-state index contributed by atoms with van der Waals surface area (Å²) in [7, 11) is 1.65. The van der Waals surface area contributed by atoms with Crippen LogP contribution in [0.15, 0.2) is 24.3 Å². The molecule has 23 heavy (non-hydrogen) atoms. The second-order valence-corrected chi connectivity index (χ2v) is 6.15. The van der Waals surface area contributed by atoms with Crippen LogP contribution >= 0.6 is 0 Å². The number of ether oxygens (including phenoxy) is 2. The molecule has 1 fully saturated rings. The van der Waals surface area contributed by atoms with Crippen LogP contribution in [-0.4, -0.2) is 39.3 Å². The summed E-state index contributed by atoms with van der Waals surface area (Å²) in [6.45, 7) is 4.97.